The molecule has 4 rings (SSSR count). The molecular weight excluding hydrogens is 434 g/mol. The first-order valence-electron chi connectivity index (χ1n) is 10.3. The zero-order chi connectivity index (χ0) is 21.8. The van der Waals surface area contributed by atoms with Gasteiger partial charge in [-0.15, -0.1) is 0 Å². The van der Waals surface area contributed by atoms with E-state index in [9.17, 15) is 4.79 Å². The second kappa shape index (κ2) is 9.80. The number of nitrogens with two attached hydrogens (primary N) is 1. The number of amides is 1. The molecule has 0 aliphatic carbocycles. The van der Waals surface area contributed by atoms with E-state index in [-0.39, 0.29) is 11.9 Å². The maximum absolute atomic E-state index is 11.3. The van der Waals surface area contributed by atoms with Crippen molar-refractivity contribution in [1.82, 2.24) is 20.3 Å². The molecule has 0 spiro atoms. The molecule has 2 aromatic carbocycles. The first-order chi connectivity index (χ1) is 15.1. The lowest BCUT2D eigenvalue weighted by Crippen LogP contribution is -2.23. The zero-order valence-electron chi connectivity index (χ0n) is 17.3. The molecule has 7 nitrogen and oxygen atoms in total. The van der Waals surface area contributed by atoms with Gasteiger partial charge in [-0.2, -0.15) is 9.97 Å². The number of anilines is 1. The molecule has 31 heavy (non-hydrogen) atoms. The van der Waals surface area contributed by atoms with Gasteiger partial charge >= 0.3 is 0 Å². The summed E-state index contributed by atoms with van der Waals surface area (Å²) < 4.78 is 5.67. The van der Waals surface area contributed by atoms with Crippen LogP contribution in [0.4, 0.5) is 5.95 Å². The molecule has 162 valence electrons. The maximum Gasteiger partial charge on any atom is 0.224 e. The standard InChI is InChI=1S/C22H24ClN5O2S/c1-2-17(29)25-8-3-4-9-31-22-27-20(26-21(24)28-22)19-15-7-5-6-13-11-30-12-14(18(13)15)10-16(19)23/h5-7,10H,2-4,8-9,11-12H2,1H3,(H,25,29)(H2,24,26,27,28). The second-order valence-electron chi connectivity index (χ2n) is 7.28. The summed E-state index contributed by atoms with van der Waals surface area (Å²) >= 11 is 8.19. The van der Waals surface area contributed by atoms with E-state index < -0.39 is 0 Å². The number of nitrogen functional groups attached to an aromatic ring is 1. The van der Waals surface area contributed by atoms with Gasteiger partial charge in [-0.3, -0.25) is 4.79 Å². The van der Waals surface area contributed by atoms with Crippen LogP contribution < -0.4 is 11.1 Å². The number of hydrogen-bond acceptors (Lipinski definition) is 7. The topological polar surface area (TPSA) is 103 Å². The summed E-state index contributed by atoms with van der Waals surface area (Å²) in [6, 6.07) is 8.02. The highest BCUT2D eigenvalue weighted by Crippen LogP contribution is 2.39. The third-order valence-corrected chi connectivity index (χ3v) is 6.33. The molecule has 0 saturated heterocycles. The highest BCUT2D eigenvalue weighted by molar-refractivity contribution is 7.99. The van der Waals surface area contributed by atoms with E-state index in [2.05, 4.69) is 26.3 Å². The van der Waals surface area contributed by atoms with Crippen molar-refractivity contribution >= 4 is 46.0 Å². The van der Waals surface area contributed by atoms with E-state index in [0.717, 1.165) is 46.1 Å². The number of hydrogen-bond donors (Lipinski definition) is 2. The van der Waals surface area contributed by atoms with Crippen LogP contribution in [0.2, 0.25) is 5.02 Å². The number of nitrogens with one attached hydrogen (secondary N) is 1. The van der Waals surface area contributed by atoms with E-state index in [1.807, 2.05) is 25.1 Å². The molecule has 1 amide bonds. The minimum atomic E-state index is 0.0760. The van der Waals surface area contributed by atoms with Gasteiger partial charge in [0.05, 0.1) is 18.2 Å². The van der Waals surface area contributed by atoms with E-state index >= 15 is 0 Å². The molecular formula is C22H24ClN5O2S. The van der Waals surface area contributed by atoms with Crippen LogP contribution in [-0.4, -0.2) is 33.2 Å². The van der Waals surface area contributed by atoms with Gasteiger partial charge in [-0.25, -0.2) is 4.98 Å². The van der Waals surface area contributed by atoms with E-state index in [0.29, 0.717) is 42.2 Å². The Bertz CT molecular complexity index is 1120. The Morgan fingerprint density at radius 1 is 1.23 bits per heavy atom. The predicted molar refractivity (Wildman–Crippen MR) is 124 cm³/mol. The third kappa shape index (κ3) is 4.92. The number of ether oxygens (including phenoxy) is 1. The van der Waals surface area contributed by atoms with Crippen LogP contribution in [0.15, 0.2) is 29.4 Å². The fraction of sp³-hybridized carbons (Fsp3) is 0.364. The average Bonchev–Trinajstić information content (AvgIpc) is 2.76. The van der Waals surface area contributed by atoms with Gasteiger partial charge in [0, 0.05) is 24.3 Å². The number of aromatic nitrogens is 3. The number of unbranched alkanes of at least 4 members (excludes halogenated alkanes) is 1. The summed E-state index contributed by atoms with van der Waals surface area (Å²) in [5.41, 5.74) is 8.96. The van der Waals surface area contributed by atoms with Gasteiger partial charge in [-0.1, -0.05) is 48.5 Å². The Kier molecular flexibility index (Phi) is 6.89. The normalized spacial score (nSPS) is 12.8. The summed E-state index contributed by atoms with van der Waals surface area (Å²) in [4.78, 5) is 24.6. The van der Waals surface area contributed by atoms with Gasteiger partial charge in [-0.05, 0) is 40.8 Å². The number of thioether (sulfide) groups is 1. The van der Waals surface area contributed by atoms with Crippen molar-refractivity contribution in [2.24, 2.45) is 0 Å². The van der Waals surface area contributed by atoms with Crippen molar-refractivity contribution in [3.05, 3.63) is 40.4 Å². The van der Waals surface area contributed by atoms with Crippen molar-refractivity contribution in [2.75, 3.05) is 18.0 Å². The summed E-state index contributed by atoms with van der Waals surface area (Å²) in [6.07, 6.45) is 2.33. The highest BCUT2D eigenvalue weighted by Gasteiger charge is 2.20. The number of benzene rings is 2. The molecule has 0 fully saturated rings. The SMILES string of the molecule is CCC(=O)NCCCCSc1nc(N)nc(-c2c(Cl)cc3c4c(cccc24)COC3)n1. The van der Waals surface area contributed by atoms with Crippen LogP contribution in [0.25, 0.3) is 22.2 Å². The van der Waals surface area contributed by atoms with Crippen molar-refractivity contribution < 1.29 is 9.53 Å². The van der Waals surface area contributed by atoms with E-state index in [4.69, 9.17) is 22.1 Å². The smallest absolute Gasteiger partial charge is 0.224 e. The molecule has 0 unspecified atom stereocenters. The van der Waals surface area contributed by atoms with Crippen LogP contribution in [-0.2, 0) is 22.7 Å². The first kappa shape index (κ1) is 21.8. The average molecular weight is 458 g/mol. The number of halogens is 1. The van der Waals surface area contributed by atoms with Crippen molar-refractivity contribution in [2.45, 2.75) is 44.6 Å². The van der Waals surface area contributed by atoms with Gasteiger partial charge in [0.1, 0.15) is 0 Å². The molecule has 1 aliphatic heterocycles. The maximum atomic E-state index is 11.3. The zero-order valence-corrected chi connectivity index (χ0v) is 18.9. The lowest BCUT2D eigenvalue weighted by Gasteiger charge is -2.20. The van der Waals surface area contributed by atoms with Crippen molar-refractivity contribution in [1.29, 1.82) is 0 Å². The third-order valence-electron chi connectivity index (χ3n) is 5.10. The molecule has 0 saturated carbocycles. The number of rotatable bonds is 8. The second-order valence-corrected chi connectivity index (χ2v) is 8.75. The molecule has 9 heteroatoms. The van der Waals surface area contributed by atoms with Crippen LogP contribution >= 0.6 is 23.4 Å². The predicted octanol–water partition coefficient (Wildman–Crippen LogP) is 4.36. The fourth-order valence-corrected chi connectivity index (χ4v) is 4.80. The Hall–Kier alpha value is -2.42. The molecule has 0 radical (unpaired) electrons. The van der Waals surface area contributed by atoms with Crippen LogP contribution in [0, 0.1) is 0 Å². The molecule has 1 aromatic heterocycles. The van der Waals surface area contributed by atoms with Crippen LogP contribution in [0.5, 0.6) is 0 Å². The van der Waals surface area contributed by atoms with E-state index in [1.54, 1.807) is 0 Å². The van der Waals surface area contributed by atoms with Gasteiger partial charge in [0.25, 0.3) is 0 Å². The summed E-state index contributed by atoms with van der Waals surface area (Å²) in [5.74, 6) is 1.54. The number of carbonyl (C=O) groups is 1. The van der Waals surface area contributed by atoms with Crippen LogP contribution in [0.3, 0.4) is 0 Å². The molecule has 2 heterocycles. The van der Waals surface area contributed by atoms with Gasteiger partial charge in [0.2, 0.25) is 11.9 Å². The Morgan fingerprint density at radius 3 is 2.90 bits per heavy atom. The number of carbonyl (C=O) groups excluding carboxylic acids is 1. The van der Waals surface area contributed by atoms with E-state index in [1.165, 1.54) is 11.8 Å². The molecule has 3 aromatic rings. The summed E-state index contributed by atoms with van der Waals surface area (Å²) in [7, 11) is 0. The van der Waals surface area contributed by atoms with Crippen molar-refractivity contribution in [3.63, 3.8) is 0 Å². The molecule has 1 aliphatic rings. The van der Waals surface area contributed by atoms with Gasteiger partial charge in [0.15, 0.2) is 11.0 Å². The molecule has 0 atom stereocenters. The minimum absolute atomic E-state index is 0.0760. The molecule has 3 N–H and O–H groups in total. The summed E-state index contributed by atoms with van der Waals surface area (Å²) in [5, 5.41) is 6.16. The molecule has 0 bridgehead atoms. The Labute approximate surface area is 190 Å². The van der Waals surface area contributed by atoms with Crippen LogP contribution in [0.1, 0.15) is 37.3 Å². The largest absolute Gasteiger partial charge is 0.372 e. The monoisotopic (exact) mass is 457 g/mol. The number of nitrogens with zero attached hydrogens (tertiary/aromatic N) is 3. The quantitative estimate of drug-likeness (QED) is 0.382. The minimum Gasteiger partial charge on any atom is -0.372 e. The lowest BCUT2D eigenvalue weighted by atomic mass is 9.94. The van der Waals surface area contributed by atoms with Gasteiger partial charge < -0.3 is 15.8 Å². The Morgan fingerprint density at radius 2 is 2.06 bits per heavy atom. The lowest BCUT2D eigenvalue weighted by molar-refractivity contribution is -0.120. The van der Waals surface area contributed by atoms with Crippen molar-refractivity contribution in [3.8, 4) is 11.4 Å². The Balaban J connectivity index is 1.55. The first-order valence-corrected chi connectivity index (χ1v) is 11.6. The fourth-order valence-electron chi connectivity index (χ4n) is 3.64. The highest BCUT2D eigenvalue weighted by atomic mass is 35.5. The summed E-state index contributed by atoms with van der Waals surface area (Å²) in [6.45, 7) is 3.63.